The molecule has 0 aromatic heterocycles. The lowest BCUT2D eigenvalue weighted by Crippen LogP contribution is -2.34. The summed E-state index contributed by atoms with van der Waals surface area (Å²) in [6.07, 6.45) is 2.93. The standard InChI is InChI=1S/C15H22N2OS/c1-12(19-14-7-3-2-4-8-14)11-17-15(18)10-13-6-5-9-16-13/h2-4,7-8,12-13,16H,5-6,9-11H2,1H3,(H,17,18). The van der Waals surface area contributed by atoms with Crippen LogP contribution in [0.15, 0.2) is 35.2 Å². The second-order valence-electron chi connectivity index (χ2n) is 5.04. The van der Waals surface area contributed by atoms with Gasteiger partial charge in [0.1, 0.15) is 0 Å². The van der Waals surface area contributed by atoms with E-state index in [0.29, 0.717) is 17.7 Å². The average Bonchev–Trinajstić information content (AvgIpc) is 2.90. The van der Waals surface area contributed by atoms with Crippen molar-refractivity contribution >= 4 is 17.7 Å². The highest BCUT2D eigenvalue weighted by atomic mass is 32.2. The molecule has 104 valence electrons. The van der Waals surface area contributed by atoms with Gasteiger partial charge in [-0.25, -0.2) is 0 Å². The minimum absolute atomic E-state index is 0.167. The second kappa shape index (κ2) is 7.56. The minimum atomic E-state index is 0.167. The van der Waals surface area contributed by atoms with Crippen LogP contribution < -0.4 is 10.6 Å². The number of hydrogen-bond donors (Lipinski definition) is 2. The molecule has 3 nitrogen and oxygen atoms in total. The van der Waals surface area contributed by atoms with E-state index in [9.17, 15) is 4.79 Å². The Balaban J connectivity index is 1.65. The summed E-state index contributed by atoms with van der Waals surface area (Å²) >= 11 is 1.80. The van der Waals surface area contributed by atoms with Crippen molar-refractivity contribution in [1.29, 1.82) is 0 Å². The summed E-state index contributed by atoms with van der Waals surface area (Å²) < 4.78 is 0. The van der Waals surface area contributed by atoms with Crippen LogP contribution >= 0.6 is 11.8 Å². The van der Waals surface area contributed by atoms with Crippen molar-refractivity contribution in [2.24, 2.45) is 0 Å². The number of amides is 1. The molecule has 1 aromatic carbocycles. The molecule has 1 aliphatic rings. The number of hydrogen-bond acceptors (Lipinski definition) is 3. The van der Waals surface area contributed by atoms with Crippen LogP contribution in [-0.2, 0) is 4.79 Å². The molecule has 1 fully saturated rings. The Labute approximate surface area is 119 Å². The lowest BCUT2D eigenvalue weighted by molar-refractivity contribution is -0.121. The number of benzene rings is 1. The molecule has 2 atom stereocenters. The van der Waals surface area contributed by atoms with Gasteiger partial charge in [0.05, 0.1) is 0 Å². The highest BCUT2D eigenvalue weighted by Gasteiger charge is 2.17. The molecule has 1 aromatic rings. The summed E-state index contributed by atoms with van der Waals surface area (Å²) in [5.41, 5.74) is 0. The summed E-state index contributed by atoms with van der Waals surface area (Å²) in [7, 11) is 0. The van der Waals surface area contributed by atoms with Gasteiger partial charge in [-0.05, 0) is 31.5 Å². The normalized spacial score (nSPS) is 20.2. The first-order valence-corrected chi connectivity index (χ1v) is 7.84. The van der Waals surface area contributed by atoms with Gasteiger partial charge in [0.25, 0.3) is 0 Å². The number of nitrogens with one attached hydrogen (secondary N) is 2. The summed E-state index contributed by atoms with van der Waals surface area (Å²) in [5.74, 6) is 0.167. The van der Waals surface area contributed by atoms with E-state index in [0.717, 1.165) is 19.5 Å². The molecule has 1 aliphatic heterocycles. The molecule has 19 heavy (non-hydrogen) atoms. The maximum Gasteiger partial charge on any atom is 0.221 e. The Hall–Kier alpha value is -1.00. The van der Waals surface area contributed by atoms with Crippen LogP contribution in [0.2, 0.25) is 0 Å². The highest BCUT2D eigenvalue weighted by Crippen LogP contribution is 2.21. The van der Waals surface area contributed by atoms with E-state index in [4.69, 9.17) is 0 Å². The Morgan fingerprint density at radius 1 is 1.47 bits per heavy atom. The number of thioether (sulfide) groups is 1. The van der Waals surface area contributed by atoms with Gasteiger partial charge in [-0.1, -0.05) is 25.1 Å². The van der Waals surface area contributed by atoms with E-state index >= 15 is 0 Å². The van der Waals surface area contributed by atoms with E-state index in [2.05, 4.69) is 29.7 Å². The summed E-state index contributed by atoms with van der Waals surface area (Å²) in [6.45, 7) is 3.93. The number of carbonyl (C=O) groups excluding carboxylic acids is 1. The fraction of sp³-hybridized carbons (Fsp3) is 0.533. The Morgan fingerprint density at radius 2 is 2.26 bits per heavy atom. The lowest BCUT2D eigenvalue weighted by atomic mass is 10.1. The molecule has 0 bridgehead atoms. The largest absolute Gasteiger partial charge is 0.355 e. The van der Waals surface area contributed by atoms with Crippen molar-refractivity contribution in [3.8, 4) is 0 Å². The van der Waals surface area contributed by atoms with Crippen molar-refractivity contribution in [1.82, 2.24) is 10.6 Å². The predicted molar refractivity (Wildman–Crippen MR) is 80.4 cm³/mol. The molecule has 2 unspecified atom stereocenters. The molecular formula is C15H22N2OS. The van der Waals surface area contributed by atoms with E-state index in [1.165, 1.54) is 11.3 Å². The maximum atomic E-state index is 11.8. The Kier molecular flexibility index (Phi) is 5.73. The highest BCUT2D eigenvalue weighted by molar-refractivity contribution is 8.00. The molecule has 0 spiro atoms. The molecule has 1 amide bonds. The molecule has 2 N–H and O–H groups in total. The van der Waals surface area contributed by atoms with E-state index in [1.54, 1.807) is 11.8 Å². The van der Waals surface area contributed by atoms with Crippen LogP contribution in [-0.4, -0.2) is 30.3 Å². The van der Waals surface area contributed by atoms with Crippen LogP contribution in [0, 0.1) is 0 Å². The molecule has 1 heterocycles. The van der Waals surface area contributed by atoms with Crippen LogP contribution in [0.3, 0.4) is 0 Å². The van der Waals surface area contributed by atoms with E-state index in [-0.39, 0.29) is 5.91 Å². The third-order valence-electron chi connectivity index (χ3n) is 3.26. The molecule has 1 saturated heterocycles. The molecule has 4 heteroatoms. The predicted octanol–water partition coefficient (Wildman–Crippen LogP) is 2.43. The van der Waals surface area contributed by atoms with Crippen LogP contribution in [0.4, 0.5) is 0 Å². The van der Waals surface area contributed by atoms with Gasteiger partial charge in [0.2, 0.25) is 5.91 Å². The van der Waals surface area contributed by atoms with E-state index in [1.807, 2.05) is 18.2 Å². The quantitative estimate of drug-likeness (QED) is 0.785. The third kappa shape index (κ3) is 5.25. The first-order chi connectivity index (χ1) is 9.24. The SMILES string of the molecule is CC(CNC(=O)CC1CCCN1)Sc1ccccc1. The maximum absolute atomic E-state index is 11.8. The monoisotopic (exact) mass is 278 g/mol. The topological polar surface area (TPSA) is 41.1 Å². The van der Waals surface area contributed by atoms with Crippen molar-refractivity contribution in [2.45, 2.75) is 42.4 Å². The van der Waals surface area contributed by atoms with Crippen molar-refractivity contribution < 1.29 is 4.79 Å². The summed E-state index contributed by atoms with van der Waals surface area (Å²) in [6, 6.07) is 10.7. The van der Waals surface area contributed by atoms with Crippen molar-refractivity contribution in [3.63, 3.8) is 0 Å². The zero-order chi connectivity index (χ0) is 13.5. The molecule has 0 radical (unpaired) electrons. The second-order valence-corrected chi connectivity index (χ2v) is 6.55. The fourth-order valence-corrected chi connectivity index (χ4v) is 3.20. The Bertz CT molecular complexity index is 390. The lowest BCUT2D eigenvalue weighted by Gasteiger charge is -2.14. The van der Waals surface area contributed by atoms with Gasteiger partial charge in [-0.15, -0.1) is 11.8 Å². The van der Waals surface area contributed by atoms with Crippen molar-refractivity contribution in [2.75, 3.05) is 13.1 Å². The number of rotatable bonds is 6. The fourth-order valence-electron chi connectivity index (χ4n) is 2.26. The first kappa shape index (κ1) is 14.4. The zero-order valence-corrected chi connectivity index (χ0v) is 12.2. The average molecular weight is 278 g/mol. The van der Waals surface area contributed by atoms with Gasteiger partial charge < -0.3 is 10.6 Å². The summed E-state index contributed by atoms with van der Waals surface area (Å²) in [4.78, 5) is 13.0. The van der Waals surface area contributed by atoms with Crippen LogP contribution in [0.25, 0.3) is 0 Å². The number of carbonyl (C=O) groups is 1. The molecule has 2 rings (SSSR count). The van der Waals surface area contributed by atoms with Gasteiger partial charge in [0, 0.05) is 29.2 Å². The van der Waals surface area contributed by atoms with Gasteiger partial charge in [-0.3, -0.25) is 4.79 Å². The van der Waals surface area contributed by atoms with Gasteiger partial charge >= 0.3 is 0 Å². The third-order valence-corrected chi connectivity index (χ3v) is 4.37. The zero-order valence-electron chi connectivity index (χ0n) is 11.4. The van der Waals surface area contributed by atoms with Gasteiger partial charge in [-0.2, -0.15) is 0 Å². The first-order valence-electron chi connectivity index (χ1n) is 6.96. The summed E-state index contributed by atoms with van der Waals surface area (Å²) in [5, 5.41) is 6.77. The van der Waals surface area contributed by atoms with Crippen molar-refractivity contribution in [3.05, 3.63) is 30.3 Å². The smallest absolute Gasteiger partial charge is 0.221 e. The minimum Gasteiger partial charge on any atom is -0.355 e. The molecule has 0 aliphatic carbocycles. The van der Waals surface area contributed by atoms with E-state index < -0.39 is 0 Å². The van der Waals surface area contributed by atoms with Crippen LogP contribution in [0.5, 0.6) is 0 Å². The molecule has 0 saturated carbocycles. The molecular weight excluding hydrogens is 256 g/mol. The Morgan fingerprint density at radius 3 is 2.95 bits per heavy atom. The van der Waals surface area contributed by atoms with Gasteiger partial charge in [0.15, 0.2) is 0 Å². The van der Waals surface area contributed by atoms with Crippen LogP contribution in [0.1, 0.15) is 26.2 Å².